The number of carbonyl (C=O) groups excluding carboxylic acids is 1. The van der Waals surface area contributed by atoms with Gasteiger partial charge < -0.3 is 15.4 Å². The van der Waals surface area contributed by atoms with E-state index < -0.39 is 0 Å². The maximum absolute atomic E-state index is 12.4. The summed E-state index contributed by atoms with van der Waals surface area (Å²) in [6.07, 6.45) is 0.485. The minimum absolute atomic E-state index is 0. The number of anilines is 1. The van der Waals surface area contributed by atoms with Crippen LogP contribution in [0.25, 0.3) is 0 Å². The maximum atomic E-state index is 12.4. The Kier molecular flexibility index (Phi) is 8.29. The van der Waals surface area contributed by atoms with E-state index in [1.165, 1.54) is 0 Å². The Morgan fingerprint density at radius 3 is 2.81 bits per heavy atom. The lowest BCUT2D eigenvalue weighted by Crippen LogP contribution is -2.39. The number of carbonyl (C=O) groups is 1. The van der Waals surface area contributed by atoms with E-state index in [-0.39, 0.29) is 24.4 Å². The van der Waals surface area contributed by atoms with Crippen molar-refractivity contribution in [1.82, 2.24) is 5.32 Å². The van der Waals surface area contributed by atoms with Gasteiger partial charge in [-0.25, -0.2) is 0 Å². The van der Waals surface area contributed by atoms with Gasteiger partial charge in [0.1, 0.15) is 12.4 Å². The van der Waals surface area contributed by atoms with Crippen molar-refractivity contribution in [1.29, 1.82) is 0 Å². The highest BCUT2D eigenvalue weighted by atomic mass is 35.5. The average molecular weight is 393 g/mol. The molecule has 1 aliphatic heterocycles. The molecule has 2 aromatic carbocycles. The van der Waals surface area contributed by atoms with Crippen LogP contribution in [0.15, 0.2) is 48.5 Å². The van der Waals surface area contributed by atoms with Crippen LogP contribution in [0, 0.1) is 6.92 Å². The number of ether oxygens (including phenoxy) is 1. The second-order valence-electron chi connectivity index (χ2n) is 6.25. The minimum atomic E-state index is 0. The Morgan fingerprint density at radius 2 is 2.08 bits per heavy atom. The summed E-state index contributed by atoms with van der Waals surface area (Å²) in [7, 11) is 0. The quantitative estimate of drug-likeness (QED) is 0.779. The first-order chi connectivity index (χ1) is 12.2. The van der Waals surface area contributed by atoms with Crippen molar-refractivity contribution in [2.45, 2.75) is 26.0 Å². The smallest absolute Gasteiger partial charge is 0.226 e. The van der Waals surface area contributed by atoms with Crippen molar-refractivity contribution in [2.24, 2.45) is 0 Å². The van der Waals surface area contributed by atoms with E-state index >= 15 is 0 Å². The fourth-order valence-electron chi connectivity index (χ4n) is 2.76. The molecule has 0 spiro atoms. The normalized spacial score (nSPS) is 16.4. The number of rotatable bonds is 6. The van der Waals surface area contributed by atoms with Crippen LogP contribution in [0.5, 0.6) is 5.75 Å². The van der Waals surface area contributed by atoms with Crippen molar-refractivity contribution in [3.05, 3.63) is 59.7 Å². The molecule has 0 bridgehead atoms. The SMILES string of the molecule is Cc1ccc(NC(=O)CC2CSCCN2)c(OCc2ccccc2)c1.Cl. The van der Waals surface area contributed by atoms with Gasteiger partial charge in [-0.3, -0.25) is 4.79 Å². The Morgan fingerprint density at radius 1 is 1.27 bits per heavy atom. The van der Waals surface area contributed by atoms with Crippen LogP contribution in [-0.4, -0.2) is 30.0 Å². The average Bonchev–Trinajstić information content (AvgIpc) is 2.63. The second kappa shape index (κ2) is 10.5. The summed E-state index contributed by atoms with van der Waals surface area (Å²) in [5, 5.41) is 6.40. The van der Waals surface area contributed by atoms with E-state index in [4.69, 9.17) is 4.74 Å². The minimum Gasteiger partial charge on any atom is -0.487 e. The molecule has 140 valence electrons. The van der Waals surface area contributed by atoms with Gasteiger partial charge in [-0.1, -0.05) is 36.4 Å². The fraction of sp³-hybridized carbons (Fsp3) is 0.350. The largest absolute Gasteiger partial charge is 0.487 e. The molecular formula is C20H25ClN2O2S. The molecule has 0 saturated carbocycles. The molecule has 26 heavy (non-hydrogen) atoms. The highest BCUT2D eigenvalue weighted by Gasteiger charge is 2.17. The molecule has 3 rings (SSSR count). The van der Waals surface area contributed by atoms with E-state index in [0.717, 1.165) is 34.9 Å². The van der Waals surface area contributed by atoms with Gasteiger partial charge in [0.2, 0.25) is 5.91 Å². The number of benzene rings is 2. The Balaban J connectivity index is 0.00000243. The molecule has 1 heterocycles. The zero-order valence-electron chi connectivity index (χ0n) is 14.9. The van der Waals surface area contributed by atoms with Crippen LogP contribution < -0.4 is 15.4 Å². The number of halogens is 1. The Labute approximate surface area is 165 Å². The molecule has 0 aliphatic carbocycles. The maximum Gasteiger partial charge on any atom is 0.226 e. The summed E-state index contributed by atoms with van der Waals surface area (Å²) in [4.78, 5) is 12.4. The molecule has 1 amide bonds. The van der Waals surface area contributed by atoms with Crippen LogP contribution in [0.4, 0.5) is 5.69 Å². The Bertz CT molecular complexity index is 706. The summed E-state index contributed by atoms with van der Waals surface area (Å²) in [5.41, 5.74) is 2.94. The van der Waals surface area contributed by atoms with Crippen molar-refractivity contribution in [3.8, 4) is 5.75 Å². The van der Waals surface area contributed by atoms with Gasteiger partial charge in [-0.2, -0.15) is 11.8 Å². The summed E-state index contributed by atoms with van der Waals surface area (Å²) in [5.74, 6) is 2.84. The van der Waals surface area contributed by atoms with Gasteiger partial charge in [0.25, 0.3) is 0 Å². The lowest BCUT2D eigenvalue weighted by Gasteiger charge is -2.22. The predicted molar refractivity (Wildman–Crippen MR) is 112 cm³/mol. The van der Waals surface area contributed by atoms with Crippen LogP contribution in [0.2, 0.25) is 0 Å². The van der Waals surface area contributed by atoms with Gasteiger partial charge in [0.05, 0.1) is 5.69 Å². The summed E-state index contributed by atoms with van der Waals surface area (Å²) < 4.78 is 5.96. The first-order valence-corrected chi connectivity index (χ1v) is 9.74. The van der Waals surface area contributed by atoms with Crippen molar-refractivity contribution in [2.75, 3.05) is 23.4 Å². The molecule has 4 nitrogen and oxygen atoms in total. The number of amides is 1. The van der Waals surface area contributed by atoms with Gasteiger partial charge in [-0.15, -0.1) is 12.4 Å². The van der Waals surface area contributed by atoms with Crippen molar-refractivity contribution < 1.29 is 9.53 Å². The van der Waals surface area contributed by atoms with E-state index in [1.807, 2.05) is 67.2 Å². The molecule has 2 N–H and O–H groups in total. The first-order valence-electron chi connectivity index (χ1n) is 8.59. The monoisotopic (exact) mass is 392 g/mol. The molecule has 1 saturated heterocycles. The zero-order chi connectivity index (χ0) is 17.5. The standard InChI is InChI=1S/C20H24N2O2S.ClH/c1-15-7-8-18(22-20(23)12-17-14-25-10-9-21-17)19(11-15)24-13-16-5-3-2-4-6-16;/h2-8,11,17,21H,9-10,12-14H2,1H3,(H,22,23);1H. The predicted octanol–water partition coefficient (Wildman–Crippen LogP) is 4.03. The zero-order valence-corrected chi connectivity index (χ0v) is 16.5. The van der Waals surface area contributed by atoms with E-state index in [1.54, 1.807) is 0 Å². The van der Waals surface area contributed by atoms with Crippen molar-refractivity contribution >= 4 is 35.8 Å². The highest BCUT2D eigenvalue weighted by molar-refractivity contribution is 7.99. The molecule has 0 aromatic heterocycles. The molecular weight excluding hydrogens is 368 g/mol. The number of aryl methyl sites for hydroxylation is 1. The third-order valence-electron chi connectivity index (χ3n) is 4.08. The van der Waals surface area contributed by atoms with Crippen LogP contribution in [0.3, 0.4) is 0 Å². The van der Waals surface area contributed by atoms with Crippen LogP contribution >= 0.6 is 24.2 Å². The summed E-state index contributed by atoms with van der Waals surface area (Å²) in [6.45, 7) is 3.47. The second-order valence-corrected chi connectivity index (χ2v) is 7.40. The molecule has 1 unspecified atom stereocenters. The van der Waals surface area contributed by atoms with Crippen LogP contribution in [-0.2, 0) is 11.4 Å². The molecule has 0 radical (unpaired) electrons. The number of hydrogen-bond donors (Lipinski definition) is 2. The highest BCUT2D eigenvalue weighted by Crippen LogP contribution is 2.27. The van der Waals surface area contributed by atoms with Crippen molar-refractivity contribution in [3.63, 3.8) is 0 Å². The molecule has 1 fully saturated rings. The third kappa shape index (κ3) is 6.24. The number of nitrogens with one attached hydrogen (secondary N) is 2. The van der Waals surface area contributed by atoms with Crippen LogP contribution in [0.1, 0.15) is 17.5 Å². The van der Waals surface area contributed by atoms with E-state index in [2.05, 4.69) is 10.6 Å². The summed E-state index contributed by atoms with van der Waals surface area (Å²) >= 11 is 1.89. The van der Waals surface area contributed by atoms with Gasteiger partial charge >= 0.3 is 0 Å². The number of thioether (sulfide) groups is 1. The van der Waals surface area contributed by atoms with Gasteiger partial charge in [-0.05, 0) is 30.2 Å². The molecule has 1 aliphatic rings. The number of hydrogen-bond acceptors (Lipinski definition) is 4. The van der Waals surface area contributed by atoms with Gasteiger partial charge in [0.15, 0.2) is 0 Å². The van der Waals surface area contributed by atoms with Gasteiger partial charge in [0, 0.05) is 30.5 Å². The molecule has 6 heteroatoms. The lowest BCUT2D eigenvalue weighted by atomic mass is 10.2. The first kappa shape index (κ1) is 20.6. The molecule has 1 atom stereocenters. The fourth-order valence-corrected chi connectivity index (χ4v) is 3.71. The molecule has 2 aromatic rings. The van der Waals surface area contributed by atoms with E-state index in [9.17, 15) is 4.79 Å². The lowest BCUT2D eigenvalue weighted by molar-refractivity contribution is -0.116. The van der Waals surface area contributed by atoms with E-state index in [0.29, 0.717) is 18.8 Å². The topological polar surface area (TPSA) is 50.4 Å². The Hall–Kier alpha value is -1.69. The third-order valence-corrected chi connectivity index (χ3v) is 5.21. The summed E-state index contributed by atoms with van der Waals surface area (Å²) in [6, 6.07) is 16.1.